The van der Waals surface area contributed by atoms with Crippen molar-refractivity contribution in [3.05, 3.63) is 46.9 Å². The first-order valence-electron chi connectivity index (χ1n) is 5.15. The number of hydrogen-bond donors (Lipinski definition) is 2. The summed E-state index contributed by atoms with van der Waals surface area (Å²) in [5.41, 5.74) is 1.05. The van der Waals surface area contributed by atoms with Crippen LogP contribution in [-0.4, -0.2) is 21.0 Å². The quantitative estimate of drug-likeness (QED) is 0.872. The predicted octanol–water partition coefficient (Wildman–Crippen LogP) is 2.40. The van der Waals surface area contributed by atoms with Gasteiger partial charge in [-0.1, -0.05) is 17.7 Å². The van der Waals surface area contributed by atoms with E-state index in [0.717, 1.165) is 0 Å². The number of nitrogens with one attached hydrogen (secondary N) is 1. The number of aromatic nitrogens is 2. The lowest BCUT2D eigenvalue weighted by Gasteiger charge is -2.05. The van der Waals surface area contributed by atoms with Crippen LogP contribution in [0.3, 0.4) is 0 Å². The summed E-state index contributed by atoms with van der Waals surface area (Å²) < 4.78 is 0. The number of nitrogens with zero attached hydrogens (tertiary/aromatic N) is 2. The van der Waals surface area contributed by atoms with Gasteiger partial charge in [-0.05, 0) is 24.6 Å². The minimum absolute atomic E-state index is 0.0739. The second kappa shape index (κ2) is 5.01. The zero-order chi connectivity index (χ0) is 13.1. The summed E-state index contributed by atoms with van der Waals surface area (Å²) in [5.74, 6) is -0.00349. The minimum atomic E-state index is -0.373. The summed E-state index contributed by atoms with van der Waals surface area (Å²) in [6.07, 6.45) is 2.69. The second-order valence-electron chi connectivity index (χ2n) is 3.68. The fraction of sp³-hybridized carbons (Fsp3) is 0.0833. The Labute approximate surface area is 108 Å². The van der Waals surface area contributed by atoms with E-state index < -0.39 is 0 Å². The van der Waals surface area contributed by atoms with Crippen LogP contribution in [0.1, 0.15) is 15.9 Å². The number of aryl methyl sites for hydroxylation is 1. The van der Waals surface area contributed by atoms with Gasteiger partial charge in [-0.25, -0.2) is 9.97 Å². The number of carbonyl (C=O) groups excluding carboxylic acids is 1. The van der Waals surface area contributed by atoms with Crippen LogP contribution < -0.4 is 5.32 Å². The summed E-state index contributed by atoms with van der Waals surface area (Å²) >= 11 is 5.58. The van der Waals surface area contributed by atoms with Gasteiger partial charge in [0.1, 0.15) is 10.9 Å². The molecular formula is C12H10ClN3O2. The average Bonchev–Trinajstić information content (AvgIpc) is 2.35. The first-order chi connectivity index (χ1) is 8.56. The van der Waals surface area contributed by atoms with E-state index in [0.29, 0.717) is 16.9 Å². The lowest BCUT2D eigenvalue weighted by Crippen LogP contribution is -2.13. The zero-order valence-corrected chi connectivity index (χ0v) is 10.3. The maximum absolute atomic E-state index is 11.8. The molecule has 0 aliphatic rings. The average molecular weight is 264 g/mol. The van der Waals surface area contributed by atoms with Crippen LogP contribution in [0.2, 0.25) is 5.15 Å². The smallest absolute Gasteiger partial charge is 0.256 e. The molecule has 0 aliphatic heterocycles. The number of aromatic hydroxyl groups is 1. The van der Waals surface area contributed by atoms with E-state index in [9.17, 15) is 9.90 Å². The van der Waals surface area contributed by atoms with Crippen molar-refractivity contribution in [3.8, 4) is 5.75 Å². The highest BCUT2D eigenvalue weighted by Gasteiger charge is 2.08. The Morgan fingerprint density at radius 2 is 2.11 bits per heavy atom. The third kappa shape index (κ3) is 2.75. The SMILES string of the molecule is Cc1ccc(C(=O)Nc2cnc(Cl)cn2)cc1O. The fourth-order valence-corrected chi connectivity index (χ4v) is 1.41. The molecule has 0 spiro atoms. The number of amides is 1. The molecule has 0 unspecified atom stereocenters. The summed E-state index contributed by atoms with van der Waals surface area (Å²) in [6.45, 7) is 1.75. The van der Waals surface area contributed by atoms with Crippen molar-refractivity contribution >= 4 is 23.3 Å². The molecule has 0 atom stereocenters. The molecule has 1 heterocycles. The molecule has 5 nitrogen and oxygen atoms in total. The van der Waals surface area contributed by atoms with Crippen LogP contribution in [0, 0.1) is 6.92 Å². The Morgan fingerprint density at radius 3 is 2.72 bits per heavy atom. The number of hydrogen-bond acceptors (Lipinski definition) is 4. The van der Waals surface area contributed by atoms with Crippen LogP contribution in [-0.2, 0) is 0 Å². The van der Waals surface area contributed by atoms with Crippen molar-refractivity contribution in [2.45, 2.75) is 6.92 Å². The number of rotatable bonds is 2. The summed E-state index contributed by atoms with van der Waals surface area (Å²) in [4.78, 5) is 19.5. The molecule has 0 radical (unpaired) electrons. The van der Waals surface area contributed by atoms with Crippen molar-refractivity contribution in [1.29, 1.82) is 0 Å². The van der Waals surface area contributed by atoms with Gasteiger partial charge in [0.2, 0.25) is 0 Å². The third-order valence-corrected chi connectivity index (χ3v) is 2.53. The Bertz CT molecular complexity index is 584. The van der Waals surface area contributed by atoms with Gasteiger partial charge < -0.3 is 10.4 Å². The van der Waals surface area contributed by atoms with Crippen LogP contribution >= 0.6 is 11.6 Å². The van der Waals surface area contributed by atoms with Crippen LogP contribution in [0.25, 0.3) is 0 Å². The van der Waals surface area contributed by atoms with Gasteiger partial charge in [0.05, 0.1) is 12.4 Å². The van der Waals surface area contributed by atoms with E-state index in [2.05, 4.69) is 15.3 Å². The van der Waals surface area contributed by atoms with Crippen molar-refractivity contribution in [3.63, 3.8) is 0 Å². The van der Waals surface area contributed by atoms with E-state index in [4.69, 9.17) is 11.6 Å². The van der Waals surface area contributed by atoms with Crippen LogP contribution in [0.4, 0.5) is 5.82 Å². The monoisotopic (exact) mass is 263 g/mol. The highest BCUT2D eigenvalue weighted by atomic mass is 35.5. The number of anilines is 1. The van der Waals surface area contributed by atoms with E-state index in [1.165, 1.54) is 18.5 Å². The van der Waals surface area contributed by atoms with E-state index in [1.807, 2.05) is 0 Å². The first-order valence-corrected chi connectivity index (χ1v) is 5.52. The topological polar surface area (TPSA) is 75.1 Å². The number of phenols is 1. The van der Waals surface area contributed by atoms with E-state index in [-0.39, 0.29) is 16.8 Å². The molecule has 18 heavy (non-hydrogen) atoms. The van der Waals surface area contributed by atoms with Gasteiger partial charge in [0, 0.05) is 5.56 Å². The molecular weight excluding hydrogens is 254 g/mol. The zero-order valence-electron chi connectivity index (χ0n) is 9.51. The third-order valence-electron chi connectivity index (χ3n) is 2.33. The highest BCUT2D eigenvalue weighted by Crippen LogP contribution is 2.18. The number of phenolic OH excluding ortho intramolecular Hbond substituents is 1. The summed E-state index contributed by atoms with van der Waals surface area (Å²) in [7, 11) is 0. The number of benzene rings is 1. The Balaban J connectivity index is 2.16. The summed E-state index contributed by atoms with van der Waals surface area (Å²) in [5, 5.41) is 12.3. The molecule has 2 N–H and O–H groups in total. The van der Waals surface area contributed by atoms with Crippen LogP contribution in [0.5, 0.6) is 5.75 Å². The second-order valence-corrected chi connectivity index (χ2v) is 4.07. The lowest BCUT2D eigenvalue weighted by atomic mass is 10.1. The standard InChI is InChI=1S/C12H10ClN3O2/c1-7-2-3-8(4-9(7)17)12(18)16-11-6-14-10(13)5-15-11/h2-6,17H,1H3,(H,15,16,18). The van der Waals surface area contributed by atoms with Crippen molar-refractivity contribution < 1.29 is 9.90 Å². The van der Waals surface area contributed by atoms with Gasteiger partial charge in [-0.2, -0.15) is 0 Å². The Hall–Kier alpha value is -2.14. The van der Waals surface area contributed by atoms with Gasteiger partial charge in [0.15, 0.2) is 5.82 Å². The molecule has 92 valence electrons. The van der Waals surface area contributed by atoms with E-state index >= 15 is 0 Å². The summed E-state index contributed by atoms with van der Waals surface area (Å²) in [6, 6.07) is 4.68. The van der Waals surface area contributed by atoms with Crippen LogP contribution in [0.15, 0.2) is 30.6 Å². The van der Waals surface area contributed by atoms with Crippen molar-refractivity contribution in [2.75, 3.05) is 5.32 Å². The normalized spacial score (nSPS) is 10.1. The van der Waals surface area contributed by atoms with Gasteiger partial charge in [-0.15, -0.1) is 0 Å². The predicted molar refractivity (Wildman–Crippen MR) is 67.8 cm³/mol. The molecule has 1 amide bonds. The van der Waals surface area contributed by atoms with E-state index in [1.54, 1.807) is 19.1 Å². The molecule has 0 bridgehead atoms. The fourth-order valence-electron chi connectivity index (χ4n) is 1.32. The minimum Gasteiger partial charge on any atom is -0.508 e. The number of halogens is 1. The highest BCUT2D eigenvalue weighted by molar-refractivity contribution is 6.29. The van der Waals surface area contributed by atoms with Gasteiger partial charge >= 0.3 is 0 Å². The molecule has 0 aliphatic carbocycles. The van der Waals surface area contributed by atoms with Crippen molar-refractivity contribution in [2.24, 2.45) is 0 Å². The maximum atomic E-state index is 11.8. The lowest BCUT2D eigenvalue weighted by molar-refractivity contribution is 0.102. The van der Waals surface area contributed by atoms with Gasteiger partial charge in [0.25, 0.3) is 5.91 Å². The molecule has 0 fully saturated rings. The molecule has 0 saturated heterocycles. The molecule has 6 heteroatoms. The molecule has 2 aromatic rings. The molecule has 2 rings (SSSR count). The first kappa shape index (κ1) is 12.3. The van der Waals surface area contributed by atoms with Crippen molar-refractivity contribution in [1.82, 2.24) is 9.97 Å². The molecule has 1 aromatic heterocycles. The maximum Gasteiger partial charge on any atom is 0.256 e. The van der Waals surface area contributed by atoms with Gasteiger partial charge in [-0.3, -0.25) is 4.79 Å². The molecule has 0 saturated carbocycles. The Kier molecular flexibility index (Phi) is 3.43. The largest absolute Gasteiger partial charge is 0.508 e. The molecule has 1 aromatic carbocycles. The Morgan fingerprint density at radius 1 is 1.33 bits per heavy atom. The number of carbonyl (C=O) groups is 1.